The summed E-state index contributed by atoms with van der Waals surface area (Å²) in [6.45, 7) is 1.78. The minimum Gasteiger partial charge on any atom is -0.357 e. The van der Waals surface area contributed by atoms with E-state index in [-0.39, 0.29) is 5.75 Å². The lowest BCUT2D eigenvalue weighted by atomic mass is 10.2. The van der Waals surface area contributed by atoms with Crippen molar-refractivity contribution in [2.45, 2.75) is 6.92 Å². The summed E-state index contributed by atoms with van der Waals surface area (Å²) in [7, 11) is -4.92. The third-order valence-corrected chi connectivity index (χ3v) is 3.11. The summed E-state index contributed by atoms with van der Waals surface area (Å²) in [5, 5.41) is 0. The Morgan fingerprint density at radius 3 is 2.62 bits per heavy atom. The normalized spacial score (nSPS) is 11.3. The van der Waals surface area contributed by atoms with E-state index in [2.05, 4.69) is 4.18 Å². The van der Waals surface area contributed by atoms with Gasteiger partial charge in [0.2, 0.25) is 0 Å². The second kappa shape index (κ2) is 3.79. The Hall–Kier alpha value is -0.370. The van der Waals surface area contributed by atoms with Gasteiger partial charge in [0.1, 0.15) is 0 Å². The van der Waals surface area contributed by atoms with Crippen LogP contribution in [0.2, 0.25) is 0 Å². The van der Waals surface area contributed by atoms with Crippen molar-refractivity contribution in [1.29, 1.82) is 0 Å². The van der Waals surface area contributed by atoms with E-state index in [1.807, 2.05) is 22.6 Å². The molecule has 0 spiro atoms. The number of rotatable bonds is 2. The zero-order valence-electron chi connectivity index (χ0n) is 6.62. The molecule has 1 aromatic carbocycles. The Bertz CT molecular complexity index is 416. The first-order valence-electron chi connectivity index (χ1n) is 3.29. The van der Waals surface area contributed by atoms with E-state index in [4.69, 9.17) is 0 Å². The fraction of sp³-hybridized carbons (Fsp3) is 0.143. The standard InChI is InChI=1S/C7H6FIO3S/c1-5-3-2-4-6(7(5)9)12-13(8,10)11/h2-4H,1H3. The van der Waals surface area contributed by atoms with E-state index in [1.54, 1.807) is 19.1 Å². The molecule has 3 nitrogen and oxygen atoms in total. The van der Waals surface area contributed by atoms with Gasteiger partial charge in [0.25, 0.3) is 0 Å². The second-order valence-electron chi connectivity index (χ2n) is 2.36. The van der Waals surface area contributed by atoms with E-state index in [1.165, 1.54) is 6.07 Å². The van der Waals surface area contributed by atoms with Crippen molar-refractivity contribution in [3.8, 4) is 5.75 Å². The van der Waals surface area contributed by atoms with Gasteiger partial charge in [0.15, 0.2) is 5.75 Å². The van der Waals surface area contributed by atoms with Crippen molar-refractivity contribution in [3.63, 3.8) is 0 Å². The Balaban J connectivity index is 3.10. The molecule has 0 radical (unpaired) electrons. The van der Waals surface area contributed by atoms with Crippen LogP contribution in [-0.2, 0) is 10.5 Å². The van der Waals surface area contributed by atoms with Crippen LogP contribution in [0.25, 0.3) is 0 Å². The maximum atomic E-state index is 12.1. The fourth-order valence-electron chi connectivity index (χ4n) is 0.792. The lowest BCUT2D eigenvalue weighted by Gasteiger charge is -2.04. The minimum absolute atomic E-state index is 0.0168. The molecule has 0 heterocycles. The van der Waals surface area contributed by atoms with Gasteiger partial charge in [-0.05, 0) is 41.1 Å². The van der Waals surface area contributed by atoms with Gasteiger partial charge < -0.3 is 4.18 Å². The van der Waals surface area contributed by atoms with Crippen LogP contribution in [-0.4, -0.2) is 8.42 Å². The van der Waals surface area contributed by atoms with Crippen LogP contribution >= 0.6 is 22.6 Å². The number of halogens is 2. The van der Waals surface area contributed by atoms with Crippen LogP contribution in [0.15, 0.2) is 18.2 Å². The molecule has 0 amide bonds. The van der Waals surface area contributed by atoms with E-state index >= 15 is 0 Å². The van der Waals surface area contributed by atoms with Crippen LogP contribution in [0.1, 0.15) is 5.56 Å². The summed E-state index contributed by atoms with van der Waals surface area (Å²) in [5.41, 5.74) is 0.835. The number of hydrogen-bond donors (Lipinski definition) is 0. The van der Waals surface area contributed by atoms with Gasteiger partial charge in [-0.25, -0.2) is 0 Å². The highest BCUT2D eigenvalue weighted by Gasteiger charge is 2.12. The fourth-order valence-corrected chi connectivity index (χ4v) is 1.76. The molecule has 0 bridgehead atoms. The van der Waals surface area contributed by atoms with Gasteiger partial charge in [-0.1, -0.05) is 16.0 Å². The first kappa shape index (κ1) is 10.7. The molecular formula is C7H6FIO3S. The molecule has 13 heavy (non-hydrogen) atoms. The average Bonchev–Trinajstić information content (AvgIpc) is 1.96. The van der Waals surface area contributed by atoms with Gasteiger partial charge in [0, 0.05) is 0 Å². The molecule has 0 saturated carbocycles. The molecule has 0 fully saturated rings. The minimum atomic E-state index is -4.92. The van der Waals surface area contributed by atoms with Crippen LogP contribution in [0.4, 0.5) is 3.89 Å². The predicted molar refractivity (Wildman–Crippen MR) is 54.6 cm³/mol. The zero-order valence-corrected chi connectivity index (χ0v) is 9.59. The Labute approximate surface area is 89.5 Å². The molecule has 6 heteroatoms. The zero-order chi connectivity index (χ0) is 10.1. The van der Waals surface area contributed by atoms with Gasteiger partial charge >= 0.3 is 10.5 Å². The van der Waals surface area contributed by atoms with Crippen LogP contribution in [0.3, 0.4) is 0 Å². The average molecular weight is 316 g/mol. The lowest BCUT2D eigenvalue weighted by molar-refractivity contribution is 0.438. The van der Waals surface area contributed by atoms with E-state index in [9.17, 15) is 12.3 Å². The molecule has 0 aliphatic rings. The summed E-state index contributed by atoms with van der Waals surface area (Å²) in [6, 6.07) is 4.77. The van der Waals surface area contributed by atoms with Crippen LogP contribution in [0, 0.1) is 10.5 Å². The summed E-state index contributed by atoms with van der Waals surface area (Å²) < 4.78 is 37.2. The maximum absolute atomic E-state index is 12.1. The van der Waals surface area contributed by atoms with Crippen molar-refractivity contribution < 1.29 is 16.5 Å². The van der Waals surface area contributed by atoms with E-state index < -0.39 is 10.5 Å². The molecule has 0 saturated heterocycles. The third-order valence-electron chi connectivity index (χ3n) is 1.35. The summed E-state index contributed by atoms with van der Waals surface area (Å²) >= 11 is 1.89. The van der Waals surface area contributed by atoms with E-state index in [0.717, 1.165) is 5.56 Å². The molecule has 1 rings (SSSR count). The first-order chi connectivity index (χ1) is 5.90. The molecule has 0 unspecified atom stereocenters. The van der Waals surface area contributed by atoms with Crippen molar-refractivity contribution in [2.75, 3.05) is 0 Å². The lowest BCUT2D eigenvalue weighted by Crippen LogP contribution is -2.02. The molecule has 0 aliphatic heterocycles. The number of benzene rings is 1. The Kier molecular flexibility index (Phi) is 3.12. The number of aryl methyl sites for hydroxylation is 1. The van der Waals surface area contributed by atoms with Crippen molar-refractivity contribution in [3.05, 3.63) is 27.3 Å². The van der Waals surface area contributed by atoms with Gasteiger partial charge in [-0.2, -0.15) is 8.42 Å². The van der Waals surface area contributed by atoms with Crippen molar-refractivity contribution >= 4 is 33.1 Å². The Morgan fingerprint density at radius 2 is 2.08 bits per heavy atom. The highest BCUT2D eigenvalue weighted by molar-refractivity contribution is 14.1. The van der Waals surface area contributed by atoms with E-state index in [0.29, 0.717) is 3.57 Å². The van der Waals surface area contributed by atoms with Gasteiger partial charge in [-0.3, -0.25) is 0 Å². The van der Waals surface area contributed by atoms with Gasteiger partial charge in [0.05, 0.1) is 3.57 Å². The Morgan fingerprint density at radius 1 is 1.46 bits per heavy atom. The first-order valence-corrected chi connectivity index (χ1v) is 5.68. The topological polar surface area (TPSA) is 43.4 Å². The second-order valence-corrected chi connectivity index (χ2v) is 4.40. The largest absolute Gasteiger partial charge is 0.488 e. The van der Waals surface area contributed by atoms with Crippen molar-refractivity contribution in [2.24, 2.45) is 0 Å². The molecule has 0 atom stereocenters. The highest BCUT2D eigenvalue weighted by Crippen LogP contribution is 2.25. The van der Waals surface area contributed by atoms with Crippen molar-refractivity contribution in [1.82, 2.24) is 0 Å². The molecule has 0 aliphatic carbocycles. The van der Waals surface area contributed by atoms with Gasteiger partial charge in [-0.15, -0.1) is 0 Å². The molecule has 0 N–H and O–H groups in total. The SMILES string of the molecule is Cc1cccc(OS(=O)(=O)F)c1I. The smallest absolute Gasteiger partial charge is 0.357 e. The summed E-state index contributed by atoms with van der Waals surface area (Å²) in [4.78, 5) is 0. The maximum Gasteiger partial charge on any atom is 0.488 e. The molecule has 1 aromatic rings. The molecule has 0 aromatic heterocycles. The number of hydrogen-bond acceptors (Lipinski definition) is 3. The van der Waals surface area contributed by atoms with Crippen LogP contribution in [0.5, 0.6) is 5.75 Å². The monoisotopic (exact) mass is 316 g/mol. The molecular weight excluding hydrogens is 310 g/mol. The highest BCUT2D eigenvalue weighted by atomic mass is 127. The summed E-state index contributed by atoms with van der Waals surface area (Å²) in [6.07, 6.45) is 0. The quantitative estimate of drug-likeness (QED) is 0.620. The summed E-state index contributed by atoms with van der Waals surface area (Å²) in [5.74, 6) is 0.0168. The van der Waals surface area contributed by atoms with Crippen LogP contribution < -0.4 is 4.18 Å². The molecule has 72 valence electrons. The predicted octanol–water partition coefficient (Wildman–Crippen LogP) is 2.19. The third kappa shape index (κ3) is 3.11.